The number of nitrogens with zero attached hydrogens (tertiary/aromatic N) is 1. The summed E-state index contributed by atoms with van der Waals surface area (Å²) in [6.07, 6.45) is 0.760. The summed E-state index contributed by atoms with van der Waals surface area (Å²) in [6.45, 7) is 19.7. The van der Waals surface area contributed by atoms with Crippen LogP contribution in [-0.2, 0) is 0 Å². The fourth-order valence-electron chi connectivity index (χ4n) is 2.55. The Morgan fingerprint density at radius 3 is 2.15 bits per heavy atom. The molecule has 0 aromatic heterocycles. The molecule has 0 aliphatic heterocycles. The van der Waals surface area contributed by atoms with Crippen LogP contribution in [0, 0.1) is 26.2 Å². The highest BCUT2D eigenvalue weighted by Gasteiger charge is 2.46. The molecule has 2 heteroatoms. The lowest BCUT2D eigenvalue weighted by molar-refractivity contribution is -0.541. The molecule has 0 fully saturated rings. The molecule has 1 rings (SSSR count). The van der Waals surface area contributed by atoms with Gasteiger partial charge in [-0.05, 0) is 38.3 Å². The second kappa shape index (κ2) is 5.69. The molecule has 0 atom stereocenters. The van der Waals surface area contributed by atoms with Crippen LogP contribution in [0.2, 0.25) is 0 Å². The zero-order chi connectivity index (χ0) is 15.7. The van der Waals surface area contributed by atoms with Crippen LogP contribution in [0.5, 0.6) is 0 Å². The van der Waals surface area contributed by atoms with E-state index in [1.54, 1.807) is 0 Å². The molecule has 0 spiro atoms. The van der Waals surface area contributed by atoms with Gasteiger partial charge in [0.2, 0.25) is 5.69 Å². The Balaban J connectivity index is 3.31. The fourth-order valence-corrected chi connectivity index (χ4v) is 2.55. The van der Waals surface area contributed by atoms with Crippen molar-refractivity contribution in [3.8, 4) is 0 Å². The van der Waals surface area contributed by atoms with Gasteiger partial charge in [0.25, 0.3) is 0 Å². The van der Waals surface area contributed by atoms with Crippen molar-refractivity contribution in [1.29, 1.82) is 0 Å². The van der Waals surface area contributed by atoms with Gasteiger partial charge in [-0.1, -0.05) is 19.9 Å². The number of hydrogen-bond acceptors (Lipinski definition) is 1. The van der Waals surface area contributed by atoms with Crippen molar-refractivity contribution < 1.29 is 9.68 Å². The van der Waals surface area contributed by atoms with Gasteiger partial charge in [-0.15, -0.1) is 0 Å². The molecule has 1 aromatic rings. The number of aliphatic hydroxyl groups is 1. The molecular formula is C18H30NO+. The summed E-state index contributed by atoms with van der Waals surface area (Å²) in [5, 5.41) is 9.32. The molecule has 0 unspecified atom stereocenters. The summed E-state index contributed by atoms with van der Waals surface area (Å²) in [5.74, 6) is 0. The SMILES string of the molecule is C=[N+](c1cc(C)cc(C)c1C)C(C)(C)C(C)(C)CCO. The maximum atomic E-state index is 9.32. The predicted octanol–water partition coefficient (Wildman–Crippen LogP) is 4.14. The van der Waals surface area contributed by atoms with E-state index in [1.165, 1.54) is 22.4 Å². The Morgan fingerprint density at radius 2 is 1.65 bits per heavy atom. The molecule has 0 radical (unpaired) electrons. The Labute approximate surface area is 124 Å². The first-order valence-electron chi connectivity index (χ1n) is 7.34. The third-order valence-corrected chi connectivity index (χ3v) is 5.14. The molecule has 0 saturated carbocycles. The first-order valence-corrected chi connectivity index (χ1v) is 7.34. The largest absolute Gasteiger partial charge is 0.396 e. The van der Waals surface area contributed by atoms with E-state index >= 15 is 0 Å². The summed E-state index contributed by atoms with van der Waals surface area (Å²) < 4.78 is 2.12. The number of hydrogen-bond donors (Lipinski definition) is 1. The van der Waals surface area contributed by atoms with E-state index in [1.807, 2.05) is 0 Å². The van der Waals surface area contributed by atoms with Gasteiger partial charge in [0.15, 0.2) is 5.54 Å². The Kier molecular flexibility index (Phi) is 4.81. The smallest absolute Gasteiger partial charge is 0.208 e. The molecule has 0 amide bonds. The van der Waals surface area contributed by atoms with E-state index in [4.69, 9.17) is 0 Å². The summed E-state index contributed by atoms with van der Waals surface area (Å²) in [4.78, 5) is 0. The minimum absolute atomic E-state index is 0.0341. The summed E-state index contributed by atoms with van der Waals surface area (Å²) in [5.41, 5.74) is 4.82. The average molecular weight is 276 g/mol. The minimum Gasteiger partial charge on any atom is -0.396 e. The number of benzene rings is 1. The monoisotopic (exact) mass is 276 g/mol. The van der Waals surface area contributed by atoms with Gasteiger partial charge >= 0.3 is 0 Å². The van der Waals surface area contributed by atoms with Gasteiger partial charge in [0.05, 0.1) is 0 Å². The molecule has 2 nitrogen and oxygen atoms in total. The van der Waals surface area contributed by atoms with Crippen molar-refractivity contribution in [2.45, 2.75) is 60.4 Å². The van der Waals surface area contributed by atoms with E-state index in [0.29, 0.717) is 0 Å². The first kappa shape index (κ1) is 16.9. The second-order valence-corrected chi connectivity index (χ2v) is 7.07. The van der Waals surface area contributed by atoms with Crippen LogP contribution in [0.15, 0.2) is 12.1 Å². The highest BCUT2D eigenvalue weighted by atomic mass is 16.3. The predicted molar refractivity (Wildman–Crippen MR) is 87.3 cm³/mol. The van der Waals surface area contributed by atoms with Gasteiger partial charge in [-0.25, -0.2) is 0 Å². The average Bonchev–Trinajstić information content (AvgIpc) is 2.32. The lowest BCUT2D eigenvalue weighted by Gasteiger charge is -2.38. The highest BCUT2D eigenvalue weighted by Crippen LogP contribution is 2.40. The third kappa shape index (κ3) is 2.95. The van der Waals surface area contributed by atoms with Gasteiger partial charge in [0, 0.05) is 37.5 Å². The van der Waals surface area contributed by atoms with Crippen LogP contribution in [-0.4, -0.2) is 28.5 Å². The van der Waals surface area contributed by atoms with Crippen molar-refractivity contribution in [3.05, 3.63) is 28.8 Å². The molecule has 112 valence electrons. The molecule has 1 aromatic carbocycles. The quantitative estimate of drug-likeness (QED) is 0.634. The van der Waals surface area contributed by atoms with E-state index in [0.717, 1.165) is 6.42 Å². The van der Waals surface area contributed by atoms with Gasteiger partial charge in [0.1, 0.15) is 6.72 Å². The van der Waals surface area contributed by atoms with E-state index < -0.39 is 0 Å². The molecule has 0 aliphatic rings. The molecular weight excluding hydrogens is 246 g/mol. The van der Waals surface area contributed by atoms with Crippen molar-refractivity contribution in [3.63, 3.8) is 0 Å². The van der Waals surface area contributed by atoms with E-state index in [9.17, 15) is 5.11 Å². The Morgan fingerprint density at radius 1 is 1.10 bits per heavy atom. The topological polar surface area (TPSA) is 23.2 Å². The Bertz CT molecular complexity index is 512. The first-order chi connectivity index (χ1) is 9.04. The highest BCUT2D eigenvalue weighted by molar-refractivity contribution is 5.49. The minimum atomic E-state index is -0.152. The summed E-state index contributed by atoms with van der Waals surface area (Å²) in [6, 6.07) is 4.41. The molecule has 0 bridgehead atoms. The van der Waals surface area contributed by atoms with Crippen molar-refractivity contribution in [1.82, 2.24) is 0 Å². The van der Waals surface area contributed by atoms with Crippen molar-refractivity contribution in [2.24, 2.45) is 5.41 Å². The van der Waals surface area contributed by atoms with Crippen molar-refractivity contribution >= 4 is 12.4 Å². The lowest BCUT2D eigenvalue weighted by atomic mass is 9.71. The molecule has 20 heavy (non-hydrogen) atoms. The number of aryl methyl sites for hydroxylation is 2. The number of aliphatic hydroxyl groups excluding tert-OH is 1. The van der Waals surface area contributed by atoms with Crippen LogP contribution in [0.1, 0.15) is 50.8 Å². The van der Waals surface area contributed by atoms with Crippen LogP contribution < -0.4 is 0 Å². The molecule has 1 N–H and O–H groups in total. The van der Waals surface area contributed by atoms with Gasteiger partial charge < -0.3 is 5.11 Å². The van der Waals surface area contributed by atoms with Crippen LogP contribution >= 0.6 is 0 Å². The summed E-state index contributed by atoms with van der Waals surface area (Å²) >= 11 is 0. The van der Waals surface area contributed by atoms with Crippen LogP contribution in [0.25, 0.3) is 0 Å². The fraction of sp³-hybridized carbons (Fsp3) is 0.611. The van der Waals surface area contributed by atoms with Gasteiger partial charge in [-0.2, -0.15) is 4.58 Å². The zero-order valence-corrected chi connectivity index (χ0v) is 14.2. The summed E-state index contributed by atoms with van der Waals surface area (Å²) in [7, 11) is 0. The third-order valence-electron chi connectivity index (χ3n) is 5.14. The van der Waals surface area contributed by atoms with Crippen molar-refractivity contribution in [2.75, 3.05) is 6.61 Å². The maximum Gasteiger partial charge on any atom is 0.208 e. The standard InChI is InChI=1S/C18H30NO/c1-13-11-14(2)15(3)16(12-13)19(8)18(6,7)17(4,5)9-10-20/h11-12,20H,8-10H2,1-7H3/q+1. The molecule has 0 saturated heterocycles. The van der Waals surface area contributed by atoms with Crippen LogP contribution in [0.3, 0.4) is 0 Å². The van der Waals surface area contributed by atoms with E-state index in [2.05, 4.69) is 71.9 Å². The van der Waals surface area contributed by atoms with Crippen LogP contribution in [0.4, 0.5) is 5.69 Å². The Hall–Kier alpha value is -1.15. The van der Waals surface area contributed by atoms with Gasteiger partial charge in [-0.3, -0.25) is 0 Å². The zero-order valence-electron chi connectivity index (χ0n) is 14.2. The molecule has 0 heterocycles. The normalized spacial score (nSPS) is 12.6. The lowest BCUT2D eigenvalue weighted by Crippen LogP contribution is -2.47. The second-order valence-electron chi connectivity index (χ2n) is 7.07. The van der Waals surface area contributed by atoms with E-state index in [-0.39, 0.29) is 17.6 Å². The number of rotatable bonds is 5. The maximum absolute atomic E-state index is 9.32. The molecule has 0 aliphatic carbocycles.